The second kappa shape index (κ2) is 6.48. The normalized spacial score (nSPS) is 10.9. The first-order valence-corrected chi connectivity index (χ1v) is 6.78. The van der Waals surface area contributed by atoms with Crippen molar-refractivity contribution in [3.8, 4) is 5.69 Å². The van der Waals surface area contributed by atoms with Crippen LogP contribution in [0.4, 0.5) is 4.39 Å². The quantitative estimate of drug-likeness (QED) is 0.866. The number of aryl methyl sites for hydroxylation is 1. The summed E-state index contributed by atoms with van der Waals surface area (Å²) in [5.41, 5.74) is 1.53. The third-order valence-electron chi connectivity index (χ3n) is 3.04. The van der Waals surface area contributed by atoms with Crippen LogP contribution < -0.4 is 5.32 Å². The first-order chi connectivity index (χ1) is 9.26. The van der Waals surface area contributed by atoms with Crippen LogP contribution in [0.3, 0.4) is 0 Å². The number of nitrogens with one attached hydrogen (secondary N) is 1. The van der Waals surface area contributed by atoms with E-state index in [0.717, 1.165) is 30.8 Å². The molecule has 3 nitrogen and oxygen atoms in total. The van der Waals surface area contributed by atoms with E-state index in [1.54, 1.807) is 12.3 Å². The fourth-order valence-corrected chi connectivity index (χ4v) is 2.09. The van der Waals surface area contributed by atoms with Crippen LogP contribution in [0.1, 0.15) is 31.7 Å². The number of hydrogen-bond acceptors (Lipinski definition) is 2. The van der Waals surface area contributed by atoms with Crippen LogP contribution in [0.25, 0.3) is 5.69 Å². The summed E-state index contributed by atoms with van der Waals surface area (Å²) in [6, 6.07) is 5.37. The predicted molar refractivity (Wildman–Crippen MR) is 74.9 cm³/mol. The number of rotatable bonds is 6. The zero-order valence-corrected chi connectivity index (χ0v) is 11.5. The average Bonchev–Trinajstić information content (AvgIpc) is 2.85. The first-order valence-electron chi connectivity index (χ1n) is 6.78. The van der Waals surface area contributed by atoms with Gasteiger partial charge in [-0.05, 0) is 30.7 Å². The van der Waals surface area contributed by atoms with Crippen LogP contribution in [0.2, 0.25) is 0 Å². The van der Waals surface area contributed by atoms with Crippen molar-refractivity contribution in [1.82, 2.24) is 14.9 Å². The second-order valence-corrected chi connectivity index (χ2v) is 4.53. The summed E-state index contributed by atoms with van der Waals surface area (Å²) in [6.45, 7) is 5.70. The van der Waals surface area contributed by atoms with E-state index < -0.39 is 0 Å². The Balaban J connectivity index is 2.27. The molecule has 19 heavy (non-hydrogen) atoms. The molecule has 0 bridgehead atoms. The van der Waals surface area contributed by atoms with Gasteiger partial charge in [0.1, 0.15) is 11.6 Å². The molecule has 102 valence electrons. The lowest BCUT2D eigenvalue weighted by Crippen LogP contribution is -2.12. The van der Waals surface area contributed by atoms with Crippen LogP contribution in [0, 0.1) is 5.82 Å². The van der Waals surface area contributed by atoms with E-state index in [1.807, 2.05) is 29.8 Å². The molecule has 2 aromatic rings. The maximum atomic E-state index is 14.2. The summed E-state index contributed by atoms with van der Waals surface area (Å²) in [4.78, 5) is 4.28. The maximum absolute atomic E-state index is 14.2. The molecule has 0 saturated heterocycles. The second-order valence-electron chi connectivity index (χ2n) is 4.53. The van der Waals surface area contributed by atoms with Gasteiger partial charge in [0.2, 0.25) is 0 Å². The number of halogens is 1. The molecule has 1 aromatic heterocycles. The molecule has 0 aliphatic heterocycles. The van der Waals surface area contributed by atoms with Gasteiger partial charge in [0.05, 0.1) is 5.69 Å². The summed E-state index contributed by atoms with van der Waals surface area (Å²) in [5.74, 6) is 0.701. The molecule has 0 saturated carbocycles. The van der Waals surface area contributed by atoms with E-state index in [1.165, 1.54) is 0 Å². The van der Waals surface area contributed by atoms with Gasteiger partial charge in [0.15, 0.2) is 0 Å². The summed E-state index contributed by atoms with van der Waals surface area (Å²) in [7, 11) is 0. The van der Waals surface area contributed by atoms with Gasteiger partial charge in [-0.25, -0.2) is 9.37 Å². The number of hydrogen-bond donors (Lipinski definition) is 1. The van der Waals surface area contributed by atoms with Gasteiger partial charge < -0.3 is 9.88 Å². The van der Waals surface area contributed by atoms with Crippen molar-refractivity contribution >= 4 is 0 Å². The smallest absolute Gasteiger partial charge is 0.147 e. The molecule has 0 unspecified atom stereocenters. The van der Waals surface area contributed by atoms with Crippen molar-refractivity contribution in [3.05, 3.63) is 47.8 Å². The topological polar surface area (TPSA) is 29.9 Å². The molecule has 1 aromatic carbocycles. The molecule has 0 amide bonds. The minimum Gasteiger partial charge on any atom is -0.313 e. The van der Waals surface area contributed by atoms with Gasteiger partial charge in [0, 0.05) is 25.4 Å². The Morgan fingerprint density at radius 2 is 2.16 bits per heavy atom. The van der Waals surface area contributed by atoms with Crippen molar-refractivity contribution in [2.24, 2.45) is 0 Å². The third-order valence-corrected chi connectivity index (χ3v) is 3.04. The lowest BCUT2D eigenvalue weighted by atomic mass is 10.2. The fourth-order valence-electron chi connectivity index (χ4n) is 2.09. The number of nitrogens with zero attached hydrogens (tertiary/aromatic N) is 2. The van der Waals surface area contributed by atoms with E-state index in [9.17, 15) is 4.39 Å². The van der Waals surface area contributed by atoms with Crippen LogP contribution in [-0.2, 0) is 13.0 Å². The Morgan fingerprint density at radius 3 is 2.84 bits per heavy atom. The molecule has 1 N–H and O–H groups in total. The van der Waals surface area contributed by atoms with Gasteiger partial charge in [-0.2, -0.15) is 0 Å². The molecule has 2 rings (SSSR count). The van der Waals surface area contributed by atoms with Crippen molar-refractivity contribution in [1.29, 1.82) is 0 Å². The van der Waals surface area contributed by atoms with Crippen LogP contribution in [0.5, 0.6) is 0 Å². The summed E-state index contributed by atoms with van der Waals surface area (Å²) in [5, 5.41) is 3.19. The Morgan fingerprint density at radius 1 is 1.32 bits per heavy atom. The van der Waals surface area contributed by atoms with E-state index in [2.05, 4.69) is 17.2 Å². The number of aromatic nitrogens is 2. The molecular formula is C15H20FN3. The monoisotopic (exact) mass is 261 g/mol. The molecule has 0 radical (unpaired) electrons. The lowest BCUT2D eigenvalue weighted by Gasteiger charge is -2.10. The zero-order valence-electron chi connectivity index (χ0n) is 11.5. The molecule has 1 heterocycles. The van der Waals surface area contributed by atoms with Crippen molar-refractivity contribution in [2.45, 2.75) is 33.2 Å². The van der Waals surface area contributed by atoms with E-state index in [4.69, 9.17) is 0 Å². The van der Waals surface area contributed by atoms with Gasteiger partial charge in [-0.15, -0.1) is 0 Å². The third kappa shape index (κ3) is 3.20. The molecule has 0 atom stereocenters. The zero-order chi connectivity index (χ0) is 13.7. The largest absolute Gasteiger partial charge is 0.313 e. The Bertz CT molecular complexity index is 534. The van der Waals surface area contributed by atoms with E-state index in [0.29, 0.717) is 12.2 Å². The number of imidazole rings is 1. The Hall–Kier alpha value is -1.68. The standard InChI is InChI=1S/C15H20FN3/c1-3-5-15-18-8-9-19(15)14-7-6-12(10-13(14)16)11-17-4-2/h6-10,17H,3-5,11H2,1-2H3. The summed E-state index contributed by atoms with van der Waals surface area (Å²) in [6.07, 6.45) is 5.38. The highest BCUT2D eigenvalue weighted by molar-refractivity contribution is 5.37. The molecule has 4 heteroatoms. The highest BCUT2D eigenvalue weighted by Crippen LogP contribution is 2.17. The van der Waals surface area contributed by atoms with Crippen LogP contribution >= 0.6 is 0 Å². The van der Waals surface area contributed by atoms with Crippen molar-refractivity contribution < 1.29 is 4.39 Å². The first kappa shape index (κ1) is 13.7. The molecular weight excluding hydrogens is 241 g/mol. The molecule has 0 spiro atoms. The Kier molecular flexibility index (Phi) is 4.68. The van der Waals surface area contributed by atoms with Gasteiger partial charge >= 0.3 is 0 Å². The maximum Gasteiger partial charge on any atom is 0.147 e. The highest BCUT2D eigenvalue weighted by atomic mass is 19.1. The molecule has 0 aliphatic carbocycles. The minimum absolute atomic E-state index is 0.203. The van der Waals surface area contributed by atoms with Gasteiger partial charge in [-0.3, -0.25) is 0 Å². The minimum atomic E-state index is -0.203. The lowest BCUT2D eigenvalue weighted by molar-refractivity contribution is 0.609. The van der Waals surface area contributed by atoms with Gasteiger partial charge in [-0.1, -0.05) is 19.9 Å². The summed E-state index contributed by atoms with van der Waals surface area (Å²) < 4.78 is 16.0. The van der Waals surface area contributed by atoms with Crippen LogP contribution in [-0.4, -0.2) is 16.1 Å². The van der Waals surface area contributed by atoms with Crippen molar-refractivity contribution in [3.63, 3.8) is 0 Å². The Labute approximate surface area is 113 Å². The summed E-state index contributed by atoms with van der Waals surface area (Å²) >= 11 is 0. The molecule has 0 fully saturated rings. The predicted octanol–water partition coefficient (Wildman–Crippen LogP) is 3.07. The van der Waals surface area contributed by atoms with Crippen molar-refractivity contribution in [2.75, 3.05) is 6.54 Å². The van der Waals surface area contributed by atoms with E-state index in [-0.39, 0.29) is 5.82 Å². The SMILES string of the molecule is CCCc1nccn1-c1ccc(CNCC)cc1F. The average molecular weight is 261 g/mol. The van der Waals surface area contributed by atoms with Gasteiger partial charge in [0.25, 0.3) is 0 Å². The molecule has 0 aliphatic rings. The highest BCUT2D eigenvalue weighted by Gasteiger charge is 2.09. The fraction of sp³-hybridized carbons (Fsp3) is 0.400. The van der Waals surface area contributed by atoms with E-state index >= 15 is 0 Å². The number of benzene rings is 1. The van der Waals surface area contributed by atoms with Crippen LogP contribution in [0.15, 0.2) is 30.6 Å².